The van der Waals surface area contributed by atoms with Gasteiger partial charge in [0, 0.05) is 19.6 Å². The molecule has 0 saturated carbocycles. The van der Waals surface area contributed by atoms with E-state index in [4.69, 9.17) is 0 Å². The van der Waals surface area contributed by atoms with Crippen molar-refractivity contribution in [3.8, 4) is 0 Å². The van der Waals surface area contributed by atoms with Crippen molar-refractivity contribution in [1.82, 2.24) is 9.03 Å². The summed E-state index contributed by atoms with van der Waals surface area (Å²) in [6, 6.07) is 6.38. The topological polar surface area (TPSA) is 83.5 Å². The van der Waals surface area contributed by atoms with Gasteiger partial charge in [-0.3, -0.25) is 0 Å². The normalized spacial score (nSPS) is 17.5. The molecule has 0 aliphatic carbocycles. The number of nitrogens with one attached hydrogen (secondary N) is 1. The number of piperidine rings is 1. The fourth-order valence-corrected chi connectivity index (χ4v) is 4.44. The van der Waals surface area contributed by atoms with Gasteiger partial charge < -0.3 is 0 Å². The van der Waals surface area contributed by atoms with Crippen molar-refractivity contribution < 1.29 is 16.8 Å². The molecule has 2 rings (SSSR count). The van der Waals surface area contributed by atoms with E-state index < -0.39 is 20.0 Å². The van der Waals surface area contributed by atoms with Gasteiger partial charge >= 0.3 is 0 Å². The molecule has 0 bridgehead atoms. The maximum Gasteiger partial charge on any atom is 0.243 e. The Morgan fingerprint density at radius 1 is 1.00 bits per heavy atom. The third-order valence-corrected chi connectivity index (χ3v) is 7.01. The zero-order chi connectivity index (χ0) is 16.2. The molecule has 1 aliphatic heterocycles. The molecule has 124 valence electrons. The Balaban J connectivity index is 2.08. The molecule has 0 radical (unpaired) electrons. The van der Waals surface area contributed by atoms with Crippen LogP contribution in [0.15, 0.2) is 29.2 Å². The predicted molar refractivity (Wildman–Crippen MR) is 85.4 cm³/mol. The van der Waals surface area contributed by atoms with Gasteiger partial charge in [0.15, 0.2) is 0 Å². The highest BCUT2D eigenvalue weighted by molar-refractivity contribution is 7.89. The van der Waals surface area contributed by atoms with Crippen LogP contribution in [0.5, 0.6) is 0 Å². The van der Waals surface area contributed by atoms with Crippen molar-refractivity contribution in [2.75, 3.05) is 18.8 Å². The molecule has 0 unspecified atom stereocenters. The van der Waals surface area contributed by atoms with Gasteiger partial charge in [-0.05, 0) is 37.5 Å². The highest BCUT2D eigenvalue weighted by Gasteiger charge is 2.25. The first-order chi connectivity index (χ1) is 10.3. The van der Waals surface area contributed by atoms with E-state index in [9.17, 15) is 16.8 Å². The molecule has 1 aromatic rings. The Labute approximate surface area is 132 Å². The first-order valence-electron chi connectivity index (χ1n) is 7.41. The Morgan fingerprint density at radius 3 is 2.14 bits per heavy atom. The minimum Gasteiger partial charge on any atom is -0.212 e. The van der Waals surface area contributed by atoms with Gasteiger partial charge in [-0.1, -0.05) is 18.6 Å². The van der Waals surface area contributed by atoms with Crippen LogP contribution in [0.25, 0.3) is 0 Å². The van der Waals surface area contributed by atoms with Gasteiger partial charge in [0.1, 0.15) is 0 Å². The Morgan fingerprint density at radius 2 is 1.59 bits per heavy atom. The summed E-state index contributed by atoms with van der Waals surface area (Å²) in [5.74, 6) is 0.0222. The molecule has 6 nitrogen and oxygen atoms in total. The van der Waals surface area contributed by atoms with E-state index >= 15 is 0 Å². The molecule has 1 aliphatic rings. The lowest BCUT2D eigenvalue weighted by Gasteiger charge is -2.25. The second-order valence-electron chi connectivity index (χ2n) is 5.33. The van der Waals surface area contributed by atoms with Crippen LogP contribution in [0, 0.1) is 0 Å². The lowest BCUT2D eigenvalue weighted by Crippen LogP contribution is -2.35. The number of rotatable bonds is 6. The zero-order valence-corrected chi connectivity index (χ0v) is 14.3. The van der Waals surface area contributed by atoms with Crippen LogP contribution < -0.4 is 4.72 Å². The van der Waals surface area contributed by atoms with Crippen molar-refractivity contribution in [2.24, 2.45) is 0 Å². The molecule has 1 aromatic carbocycles. The molecule has 1 N–H and O–H groups in total. The summed E-state index contributed by atoms with van der Waals surface area (Å²) < 4.78 is 51.7. The summed E-state index contributed by atoms with van der Waals surface area (Å²) in [7, 11) is -6.68. The largest absolute Gasteiger partial charge is 0.243 e. The molecule has 0 spiro atoms. The smallest absolute Gasteiger partial charge is 0.212 e. The van der Waals surface area contributed by atoms with Crippen LogP contribution in [-0.4, -0.2) is 40.0 Å². The second-order valence-corrected chi connectivity index (χ2v) is 9.37. The minimum absolute atomic E-state index is 0.0222. The van der Waals surface area contributed by atoms with Crippen LogP contribution in [0.4, 0.5) is 0 Å². The minimum atomic E-state index is -3.43. The summed E-state index contributed by atoms with van der Waals surface area (Å²) in [6.07, 6.45) is 2.87. The highest BCUT2D eigenvalue weighted by atomic mass is 32.2. The lowest BCUT2D eigenvalue weighted by molar-refractivity contribution is 0.346. The summed E-state index contributed by atoms with van der Waals surface area (Å²) in [4.78, 5) is 0.261. The average Bonchev–Trinajstić information content (AvgIpc) is 2.54. The molecular weight excluding hydrogens is 324 g/mol. The molecular formula is C14H22N2O4S2. The molecule has 8 heteroatoms. The molecule has 1 saturated heterocycles. The molecule has 0 amide bonds. The van der Waals surface area contributed by atoms with Crippen LogP contribution in [0.1, 0.15) is 31.7 Å². The molecule has 0 aromatic heterocycles. The number of hydrogen-bond donors (Lipinski definition) is 1. The van der Waals surface area contributed by atoms with E-state index in [1.165, 1.54) is 4.31 Å². The van der Waals surface area contributed by atoms with Crippen molar-refractivity contribution >= 4 is 20.0 Å². The molecule has 22 heavy (non-hydrogen) atoms. The summed E-state index contributed by atoms with van der Waals surface area (Å²) >= 11 is 0. The van der Waals surface area contributed by atoms with E-state index in [0.29, 0.717) is 13.1 Å². The van der Waals surface area contributed by atoms with Crippen LogP contribution >= 0.6 is 0 Å². The Hall–Kier alpha value is -0.960. The molecule has 0 atom stereocenters. The third kappa shape index (κ3) is 4.28. The van der Waals surface area contributed by atoms with Gasteiger partial charge in [-0.2, -0.15) is 4.31 Å². The first-order valence-corrected chi connectivity index (χ1v) is 10.5. The van der Waals surface area contributed by atoms with Crippen LogP contribution in [0.2, 0.25) is 0 Å². The fourth-order valence-electron chi connectivity index (χ4n) is 2.33. The summed E-state index contributed by atoms with van der Waals surface area (Å²) in [5.41, 5.74) is 0.731. The number of hydrogen-bond acceptors (Lipinski definition) is 4. The predicted octanol–water partition coefficient (Wildman–Crippen LogP) is 1.30. The van der Waals surface area contributed by atoms with Crippen LogP contribution in [-0.2, 0) is 26.6 Å². The second kappa shape index (κ2) is 7.08. The first kappa shape index (κ1) is 17.4. The van der Waals surface area contributed by atoms with E-state index in [0.717, 1.165) is 24.8 Å². The number of benzene rings is 1. The molecule has 1 fully saturated rings. The Bertz CT molecular complexity index is 691. The summed E-state index contributed by atoms with van der Waals surface area (Å²) in [5, 5.41) is 0. The number of nitrogens with zero attached hydrogens (tertiary/aromatic N) is 1. The summed E-state index contributed by atoms with van der Waals surface area (Å²) in [6.45, 7) is 2.87. The lowest BCUT2D eigenvalue weighted by atomic mass is 10.2. The van der Waals surface area contributed by atoms with Crippen LogP contribution in [0.3, 0.4) is 0 Å². The van der Waals surface area contributed by atoms with E-state index in [1.807, 2.05) is 0 Å². The van der Waals surface area contributed by atoms with Crippen molar-refractivity contribution in [2.45, 2.75) is 37.6 Å². The Kier molecular flexibility index (Phi) is 5.60. The van der Waals surface area contributed by atoms with E-state index in [1.54, 1.807) is 31.2 Å². The standard InChI is InChI=1S/C14H22N2O4S2/c1-2-21(17,18)15-12-13-6-8-14(9-7-13)22(19,20)16-10-4-3-5-11-16/h6-9,15H,2-5,10-12H2,1H3. The number of sulfonamides is 2. The maximum atomic E-state index is 12.5. The van der Waals surface area contributed by atoms with Gasteiger partial charge in [-0.15, -0.1) is 0 Å². The van der Waals surface area contributed by atoms with E-state index in [2.05, 4.69) is 4.72 Å². The highest BCUT2D eigenvalue weighted by Crippen LogP contribution is 2.20. The zero-order valence-electron chi connectivity index (χ0n) is 12.7. The maximum absolute atomic E-state index is 12.5. The SMILES string of the molecule is CCS(=O)(=O)NCc1ccc(S(=O)(=O)N2CCCCC2)cc1. The quantitative estimate of drug-likeness (QED) is 0.841. The van der Waals surface area contributed by atoms with Gasteiger partial charge in [0.05, 0.1) is 10.6 Å². The monoisotopic (exact) mass is 346 g/mol. The van der Waals surface area contributed by atoms with Crippen molar-refractivity contribution in [3.05, 3.63) is 29.8 Å². The van der Waals surface area contributed by atoms with Gasteiger partial charge in [0.2, 0.25) is 20.0 Å². The average molecular weight is 346 g/mol. The molecule has 1 heterocycles. The van der Waals surface area contributed by atoms with Gasteiger partial charge in [-0.25, -0.2) is 21.6 Å². The van der Waals surface area contributed by atoms with E-state index in [-0.39, 0.29) is 17.2 Å². The van der Waals surface area contributed by atoms with Crippen molar-refractivity contribution in [1.29, 1.82) is 0 Å². The third-order valence-electron chi connectivity index (χ3n) is 3.75. The van der Waals surface area contributed by atoms with Crippen molar-refractivity contribution in [3.63, 3.8) is 0 Å². The fraction of sp³-hybridized carbons (Fsp3) is 0.571. The van der Waals surface area contributed by atoms with Gasteiger partial charge in [0.25, 0.3) is 0 Å².